The molecule has 0 aliphatic heterocycles. The zero-order valence-corrected chi connectivity index (χ0v) is 17.8. The molecule has 0 saturated carbocycles. The van der Waals surface area contributed by atoms with E-state index in [-0.39, 0.29) is 39.1 Å². The van der Waals surface area contributed by atoms with Crippen LogP contribution in [0.25, 0.3) is 21.9 Å². The molecule has 0 unspecified atom stereocenters. The van der Waals surface area contributed by atoms with Crippen LogP contribution in [0.2, 0.25) is 0 Å². The van der Waals surface area contributed by atoms with E-state index in [1.807, 2.05) is 0 Å². The molecule has 0 spiro atoms. The number of methoxy groups -OCH3 is 2. The summed E-state index contributed by atoms with van der Waals surface area (Å²) in [5, 5.41) is 8.24. The van der Waals surface area contributed by atoms with Gasteiger partial charge in [-0.25, -0.2) is 9.78 Å². The van der Waals surface area contributed by atoms with Crippen LogP contribution >= 0.6 is 23.1 Å². The summed E-state index contributed by atoms with van der Waals surface area (Å²) in [6, 6.07) is 3.39. The van der Waals surface area contributed by atoms with Crippen molar-refractivity contribution in [3.63, 3.8) is 0 Å². The van der Waals surface area contributed by atoms with Crippen molar-refractivity contribution in [1.29, 1.82) is 0 Å². The number of aromatic nitrogens is 4. The monoisotopic (exact) mass is 462 g/mol. The van der Waals surface area contributed by atoms with Gasteiger partial charge in [0.2, 0.25) is 0 Å². The van der Waals surface area contributed by atoms with E-state index in [2.05, 4.69) is 24.9 Å². The fourth-order valence-electron chi connectivity index (χ4n) is 2.72. The highest BCUT2D eigenvalue weighted by atomic mass is 32.2. The van der Waals surface area contributed by atoms with Crippen molar-refractivity contribution in [3.8, 4) is 11.7 Å². The van der Waals surface area contributed by atoms with Gasteiger partial charge in [-0.15, -0.1) is 21.5 Å². The highest BCUT2D eigenvalue weighted by Crippen LogP contribution is 2.30. The van der Waals surface area contributed by atoms with E-state index in [0.29, 0.717) is 16.4 Å². The predicted octanol–water partition coefficient (Wildman–Crippen LogP) is 2.42. The third-order valence-electron chi connectivity index (χ3n) is 4.10. The summed E-state index contributed by atoms with van der Waals surface area (Å²) in [6.07, 6.45) is 1.24. The molecule has 1 N–H and O–H groups in total. The topological polar surface area (TPSA) is 150 Å². The average molecular weight is 462 g/mol. The molecule has 0 fully saturated rings. The van der Waals surface area contributed by atoms with Crippen LogP contribution in [0, 0.1) is 0 Å². The summed E-state index contributed by atoms with van der Waals surface area (Å²) in [6.45, 7) is 0. The molecule has 0 aliphatic rings. The first kappa shape index (κ1) is 20.8. The van der Waals surface area contributed by atoms with E-state index >= 15 is 0 Å². The van der Waals surface area contributed by atoms with Gasteiger partial charge >= 0.3 is 11.9 Å². The van der Waals surface area contributed by atoms with Crippen molar-refractivity contribution in [2.45, 2.75) is 17.4 Å². The van der Waals surface area contributed by atoms with Gasteiger partial charge in [-0.1, -0.05) is 11.8 Å². The van der Waals surface area contributed by atoms with Crippen LogP contribution in [0.1, 0.15) is 21.1 Å². The number of thioether (sulfide) groups is 1. The standard InChI is InChI=1S/C18H14N4O7S2/c1-26-11(23)6-8-12-14(24)19-10(20-16(12)31-13(8)17(25)27-2)7-30-18-22-21-15(29-18)9-4-3-5-28-9/h3-5H,6-7H2,1-2H3,(H,19,20,24). The number of ether oxygens (including phenoxy) is 2. The summed E-state index contributed by atoms with van der Waals surface area (Å²) >= 11 is 2.14. The van der Waals surface area contributed by atoms with E-state index in [0.717, 1.165) is 11.3 Å². The second-order valence-corrected chi connectivity index (χ2v) is 7.91. The largest absolute Gasteiger partial charge is 0.469 e. The lowest BCUT2D eigenvalue weighted by Crippen LogP contribution is -2.15. The molecule has 11 nitrogen and oxygen atoms in total. The lowest BCUT2D eigenvalue weighted by atomic mass is 10.1. The maximum absolute atomic E-state index is 12.7. The zero-order valence-electron chi connectivity index (χ0n) is 16.2. The minimum atomic E-state index is -0.659. The molecule has 0 atom stereocenters. The third-order valence-corrected chi connectivity index (χ3v) is 6.04. The minimum absolute atomic E-state index is 0.130. The van der Waals surface area contributed by atoms with Crippen LogP contribution in [0.15, 0.2) is 37.2 Å². The van der Waals surface area contributed by atoms with E-state index in [1.165, 1.54) is 32.2 Å². The number of carbonyl (C=O) groups excluding carboxylic acids is 2. The van der Waals surface area contributed by atoms with Crippen LogP contribution < -0.4 is 5.56 Å². The fraction of sp³-hybridized carbons (Fsp3) is 0.222. The van der Waals surface area contributed by atoms with Crippen LogP contribution in [0.5, 0.6) is 0 Å². The number of H-pyrrole nitrogens is 1. The number of hydrogen-bond donors (Lipinski definition) is 1. The molecular formula is C18H14N4O7S2. The number of esters is 2. The number of rotatable bonds is 7. The maximum Gasteiger partial charge on any atom is 0.348 e. The first-order chi connectivity index (χ1) is 15.0. The molecule has 0 saturated heterocycles. The Bertz CT molecular complexity index is 1310. The summed E-state index contributed by atoms with van der Waals surface area (Å²) in [4.78, 5) is 44.1. The van der Waals surface area contributed by atoms with Gasteiger partial charge in [-0.05, 0) is 12.1 Å². The third kappa shape index (κ3) is 4.22. The highest BCUT2D eigenvalue weighted by Gasteiger charge is 2.25. The fourth-order valence-corrected chi connectivity index (χ4v) is 4.48. The Hall–Kier alpha value is -3.45. The second kappa shape index (κ2) is 8.73. The maximum atomic E-state index is 12.7. The molecule has 4 aromatic heterocycles. The van der Waals surface area contributed by atoms with Gasteiger partial charge < -0.3 is 23.3 Å². The lowest BCUT2D eigenvalue weighted by molar-refractivity contribution is -0.139. The molecule has 0 radical (unpaired) electrons. The molecule has 0 aliphatic carbocycles. The van der Waals surface area contributed by atoms with E-state index in [1.54, 1.807) is 12.1 Å². The Kier molecular flexibility index (Phi) is 5.86. The Morgan fingerprint density at radius 1 is 1.26 bits per heavy atom. The van der Waals surface area contributed by atoms with E-state index in [4.69, 9.17) is 13.6 Å². The molecule has 4 rings (SSSR count). The molecule has 160 valence electrons. The molecule has 0 bridgehead atoms. The first-order valence-corrected chi connectivity index (χ1v) is 10.5. The lowest BCUT2D eigenvalue weighted by Gasteiger charge is -2.02. The summed E-state index contributed by atoms with van der Waals surface area (Å²) in [5.74, 6) is -0.0103. The SMILES string of the molecule is COC(=O)Cc1c(C(=O)OC)sc2nc(CSc3nnc(-c4ccco4)o3)[nH]c(=O)c12. The number of furan rings is 1. The number of aromatic amines is 1. The minimum Gasteiger partial charge on any atom is -0.469 e. The van der Waals surface area contributed by atoms with Gasteiger partial charge in [0.1, 0.15) is 15.5 Å². The molecule has 13 heteroatoms. The molecule has 4 aromatic rings. The van der Waals surface area contributed by atoms with Gasteiger partial charge in [0.25, 0.3) is 16.7 Å². The molecule has 31 heavy (non-hydrogen) atoms. The zero-order chi connectivity index (χ0) is 22.0. The Balaban J connectivity index is 1.62. The second-order valence-electron chi connectivity index (χ2n) is 5.99. The van der Waals surface area contributed by atoms with Crippen molar-refractivity contribution in [2.24, 2.45) is 0 Å². The smallest absolute Gasteiger partial charge is 0.348 e. The molecule has 0 aromatic carbocycles. The summed E-state index contributed by atoms with van der Waals surface area (Å²) < 4.78 is 20.2. The van der Waals surface area contributed by atoms with Gasteiger partial charge in [0.15, 0.2) is 5.76 Å². The van der Waals surface area contributed by atoms with Gasteiger partial charge in [0, 0.05) is 5.56 Å². The number of hydrogen-bond acceptors (Lipinski definition) is 12. The number of carbonyl (C=O) groups is 2. The Morgan fingerprint density at radius 2 is 2.10 bits per heavy atom. The van der Waals surface area contributed by atoms with Gasteiger partial charge in [-0.3, -0.25) is 9.59 Å². The van der Waals surface area contributed by atoms with Crippen molar-refractivity contribution in [3.05, 3.63) is 45.0 Å². The number of fused-ring (bicyclic) bond motifs is 1. The van der Waals surface area contributed by atoms with Crippen molar-refractivity contribution < 1.29 is 27.9 Å². The van der Waals surface area contributed by atoms with Crippen molar-refractivity contribution >= 4 is 45.3 Å². The van der Waals surface area contributed by atoms with E-state index < -0.39 is 17.5 Å². The molecule has 4 heterocycles. The van der Waals surface area contributed by atoms with Crippen LogP contribution in [0.4, 0.5) is 0 Å². The molecule has 0 amide bonds. The van der Waals surface area contributed by atoms with Gasteiger partial charge in [-0.2, -0.15) is 0 Å². The number of thiophene rings is 1. The van der Waals surface area contributed by atoms with Crippen molar-refractivity contribution in [1.82, 2.24) is 20.2 Å². The highest BCUT2D eigenvalue weighted by molar-refractivity contribution is 7.98. The van der Waals surface area contributed by atoms with Gasteiger partial charge in [0.05, 0.1) is 38.0 Å². The number of nitrogens with zero attached hydrogens (tertiary/aromatic N) is 3. The predicted molar refractivity (Wildman–Crippen MR) is 109 cm³/mol. The molecular weight excluding hydrogens is 448 g/mol. The van der Waals surface area contributed by atoms with E-state index in [9.17, 15) is 14.4 Å². The van der Waals surface area contributed by atoms with Crippen LogP contribution in [-0.2, 0) is 26.4 Å². The van der Waals surface area contributed by atoms with Crippen LogP contribution in [-0.4, -0.2) is 46.3 Å². The Morgan fingerprint density at radius 3 is 2.81 bits per heavy atom. The van der Waals surface area contributed by atoms with Crippen LogP contribution in [0.3, 0.4) is 0 Å². The van der Waals surface area contributed by atoms with Crippen molar-refractivity contribution in [2.75, 3.05) is 14.2 Å². The Labute approximate surface area is 181 Å². The average Bonchev–Trinajstić information content (AvgIpc) is 3.51. The quantitative estimate of drug-likeness (QED) is 0.318. The summed E-state index contributed by atoms with van der Waals surface area (Å²) in [7, 11) is 2.44. The number of nitrogens with one attached hydrogen (secondary N) is 1. The first-order valence-electron chi connectivity index (χ1n) is 8.70. The summed E-state index contributed by atoms with van der Waals surface area (Å²) in [5.41, 5.74) is -0.251. The normalized spacial score (nSPS) is 11.0.